The Labute approximate surface area is 158 Å². The molecular weight excluding hydrogens is 338 g/mol. The number of benzene rings is 3. The average Bonchev–Trinajstić information content (AvgIpc) is 3.19. The van der Waals surface area contributed by atoms with Gasteiger partial charge in [-0.3, -0.25) is 4.79 Å². The van der Waals surface area contributed by atoms with Crippen LogP contribution in [-0.4, -0.2) is 18.6 Å². The van der Waals surface area contributed by atoms with E-state index in [1.807, 2.05) is 84.9 Å². The lowest BCUT2D eigenvalue weighted by molar-refractivity contribution is 0.0533. The van der Waals surface area contributed by atoms with Gasteiger partial charge < -0.3 is 9.57 Å². The smallest absolute Gasteiger partial charge is 0.176 e. The lowest BCUT2D eigenvalue weighted by Gasteiger charge is -2.19. The molecule has 2 atom stereocenters. The Morgan fingerprint density at radius 3 is 2.15 bits per heavy atom. The molecule has 0 saturated carbocycles. The van der Waals surface area contributed by atoms with Crippen LogP contribution in [0.4, 0.5) is 0 Å². The monoisotopic (exact) mass is 357 g/mol. The summed E-state index contributed by atoms with van der Waals surface area (Å²) >= 11 is 0. The average molecular weight is 357 g/mol. The second-order valence-corrected chi connectivity index (χ2v) is 6.35. The highest BCUT2D eigenvalue weighted by atomic mass is 16.6. The molecule has 0 amide bonds. The molecule has 134 valence electrons. The first-order valence-electron chi connectivity index (χ1n) is 8.80. The number of rotatable bonds is 5. The second-order valence-electron chi connectivity index (χ2n) is 6.35. The molecule has 4 rings (SSSR count). The minimum absolute atomic E-state index is 0.00322. The third kappa shape index (κ3) is 3.34. The Kier molecular flexibility index (Phi) is 4.71. The van der Waals surface area contributed by atoms with E-state index >= 15 is 0 Å². The lowest BCUT2D eigenvalue weighted by Crippen LogP contribution is -2.27. The van der Waals surface area contributed by atoms with E-state index in [9.17, 15) is 4.79 Å². The molecule has 4 heteroatoms. The van der Waals surface area contributed by atoms with Gasteiger partial charge in [0.2, 0.25) is 0 Å². The van der Waals surface area contributed by atoms with Gasteiger partial charge in [-0.15, -0.1) is 0 Å². The number of Topliss-reactive ketones (excluding diaryl/α,β-unsaturated/α-hetero) is 1. The van der Waals surface area contributed by atoms with Crippen molar-refractivity contribution in [2.24, 2.45) is 11.1 Å². The summed E-state index contributed by atoms with van der Waals surface area (Å²) in [5, 5.41) is 4.30. The Hall–Kier alpha value is -3.40. The molecule has 3 aromatic carbocycles. The van der Waals surface area contributed by atoms with E-state index in [0.29, 0.717) is 11.3 Å². The van der Waals surface area contributed by atoms with E-state index in [2.05, 4.69) is 5.16 Å². The summed E-state index contributed by atoms with van der Waals surface area (Å²) in [6, 6.07) is 26.5. The Balaban J connectivity index is 1.74. The van der Waals surface area contributed by atoms with Crippen LogP contribution < -0.4 is 4.74 Å². The quantitative estimate of drug-likeness (QED) is 0.624. The minimum atomic E-state index is -0.511. The van der Waals surface area contributed by atoms with E-state index in [4.69, 9.17) is 9.57 Å². The number of oxime groups is 1. The zero-order valence-electron chi connectivity index (χ0n) is 14.9. The van der Waals surface area contributed by atoms with Gasteiger partial charge >= 0.3 is 0 Å². The maximum Gasteiger partial charge on any atom is 0.176 e. The van der Waals surface area contributed by atoms with Gasteiger partial charge in [0.15, 0.2) is 11.9 Å². The van der Waals surface area contributed by atoms with Crippen molar-refractivity contribution in [2.45, 2.75) is 6.10 Å². The van der Waals surface area contributed by atoms with Gasteiger partial charge in [0, 0.05) is 11.1 Å². The fourth-order valence-corrected chi connectivity index (χ4v) is 3.31. The molecule has 4 nitrogen and oxygen atoms in total. The molecule has 0 bridgehead atoms. The van der Waals surface area contributed by atoms with E-state index in [-0.39, 0.29) is 5.78 Å². The number of methoxy groups -OCH3 is 1. The van der Waals surface area contributed by atoms with Crippen LogP contribution in [0.2, 0.25) is 0 Å². The van der Waals surface area contributed by atoms with Crippen LogP contribution in [0.15, 0.2) is 90.1 Å². The third-order valence-corrected chi connectivity index (χ3v) is 4.72. The van der Waals surface area contributed by atoms with Gasteiger partial charge in [0.25, 0.3) is 0 Å². The maximum atomic E-state index is 13.4. The van der Waals surface area contributed by atoms with Crippen LogP contribution in [0, 0.1) is 5.92 Å². The molecule has 0 aliphatic carbocycles. The first-order chi connectivity index (χ1) is 13.3. The van der Waals surface area contributed by atoms with Gasteiger partial charge in [-0.1, -0.05) is 78.0 Å². The van der Waals surface area contributed by atoms with Gasteiger partial charge in [-0.25, -0.2) is 0 Å². The highest BCUT2D eigenvalue weighted by molar-refractivity contribution is 6.19. The van der Waals surface area contributed by atoms with Crippen LogP contribution in [0.5, 0.6) is 5.75 Å². The zero-order valence-corrected chi connectivity index (χ0v) is 14.9. The maximum absolute atomic E-state index is 13.4. The molecule has 0 N–H and O–H groups in total. The van der Waals surface area contributed by atoms with Gasteiger partial charge in [0.1, 0.15) is 17.4 Å². The molecular formula is C23H19NO3. The van der Waals surface area contributed by atoms with Crippen LogP contribution in [0.1, 0.15) is 27.6 Å². The van der Waals surface area contributed by atoms with E-state index < -0.39 is 12.0 Å². The summed E-state index contributed by atoms with van der Waals surface area (Å²) in [4.78, 5) is 19.1. The summed E-state index contributed by atoms with van der Waals surface area (Å²) in [6.45, 7) is 0. The molecule has 1 aliphatic heterocycles. The van der Waals surface area contributed by atoms with Crippen molar-refractivity contribution in [2.75, 3.05) is 7.11 Å². The Morgan fingerprint density at radius 2 is 1.52 bits per heavy atom. The number of hydrogen-bond acceptors (Lipinski definition) is 4. The van der Waals surface area contributed by atoms with Crippen LogP contribution in [0.25, 0.3) is 0 Å². The zero-order chi connectivity index (χ0) is 18.6. The standard InChI is InChI=1S/C23H19NO3/c1-26-19-14-12-18(13-15-19)23-20(22(25)17-10-6-3-7-11-17)21(24-27-23)16-8-4-2-5-9-16/h2-15,20,23H,1H3/t20-,23-/m0/s1. The number of ketones is 1. The molecule has 0 saturated heterocycles. The summed E-state index contributed by atoms with van der Waals surface area (Å²) in [6.07, 6.45) is -0.473. The van der Waals surface area contributed by atoms with Crippen LogP contribution in [-0.2, 0) is 4.84 Å². The molecule has 0 spiro atoms. The van der Waals surface area contributed by atoms with Gasteiger partial charge in [-0.2, -0.15) is 0 Å². The van der Waals surface area contributed by atoms with Crippen molar-refractivity contribution in [3.63, 3.8) is 0 Å². The molecule has 1 heterocycles. The second kappa shape index (κ2) is 7.46. The van der Waals surface area contributed by atoms with Crippen molar-refractivity contribution in [1.29, 1.82) is 0 Å². The summed E-state index contributed by atoms with van der Waals surface area (Å²) in [5.74, 6) is 0.242. The van der Waals surface area contributed by atoms with Crippen molar-refractivity contribution in [3.05, 3.63) is 102 Å². The first-order valence-corrected chi connectivity index (χ1v) is 8.80. The lowest BCUT2D eigenvalue weighted by atomic mass is 9.83. The Morgan fingerprint density at radius 1 is 0.889 bits per heavy atom. The molecule has 0 aromatic heterocycles. The van der Waals surface area contributed by atoms with Crippen LogP contribution >= 0.6 is 0 Å². The van der Waals surface area contributed by atoms with Crippen molar-refractivity contribution in [3.8, 4) is 5.75 Å². The fraction of sp³-hybridized carbons (Fsp3) is 0.130. The normalized spacial score (nSPS) is 18.5. The molecule has 0 radical (unpaired) electrons. The van der Waals surface area contributed by atoms with E-state index in [0.717, 1.165) is 16.9 Å². The molecule has 1 aliphatic rings. The van der Waals surface area contributed by atoms with Crippen molar-refractivity contribution < 1.29 is 14.4 Å². The summed E-state index contributed by atoms with van der Waals surface area (Å²) in [5.41, 5.74) is 3.09. The predicted molar refractivity (Wildman–Crippen MR) is 104 cm³/mol. The highest BCUT2D eigenvalue weighted by Gasteiger charge is 2.41. The minimum Gasteiger partial charge on any atom is -0.497 e. The van der Waals surface area contributed by atoms with Gasteiger partial charge in [-0.05, 0) is 17.7 Å². The van der Waals surface area contributed by atoms with Crippen molar-refractivity contribution >= 4 is 11.5 Å². The number of ether oxygens (including phenoxy) is 1. The topological polar surface area (TPSA) is 47.9 Å². The largest absolute Gasteiger partial charge is 0.497 e. The number of carbonyl (C=O) groups is 1. The highest BCUT2D eigenvalue weighted by Crippen LogP contribution is 2.37. The SMILES string of the molecule is COc1ccc([C@@H]2ON=C(c3ccccc3)[C@H]2C(=O)c2ccccc2)cc1. The molecule has 0 fully saturated rings. The van der Waals surface area contributed by atoms with E-state index in [1.54, 1.807) is 7.11 Å². The molecule has 3 aromatic rings. The van der Waals surface area contributed by atoms with Crippen molar-refractivity contribution in [1.82, 2.24) is 0 Å². The Bertz CT molecular complexity index is 950. The summed E-state index contributed by atoms with van der Waals surface area (Å²) in [7, 11) is 1.62. The van der Waals surface area contributed by atoms with Gasteiger partial charge in [0.05, 0.1) is 7.11 Å². The fourth-order valence-electron chi connectivity index (χ4n) is 3.31. The molecule has 27 heavy (non-hydrogen) atoms. The first kappa shape index (κ1) is 17.0. The number of nitrogens with zero attached hydrogens (tertiary/aromatic N) is 1. The predicted octanol–water partition coefficient (Wildman–Crippen LogP) is 4.67. The number of hydrogen-bond donors (Lipinski definition) is 0. The summed E-state index contributed by atoms with van der Waals surface area (Å²) < 4.78 is 5.23. The van der Waals surface area contributed by atoms with Crippen LogP contribution in [0.3, 0.4) is 0 Å². The molecule has 0 unspecified atom stereocenters. The third-order valence-electron chi connectivity index (χ3n) is 4.72. The number of carbonyl (C=O) groups excluding carboxylic acids is 1. The van der Waals surface area contributed by atoms with E-state index in [1.165, 1.54) is 0 Å².